The molecule has 0 saturated heterocycles. The topological polar surface area (TPSA) is 43.0 Å². The van der Waals surface area contributed by atoms with Gasteiger partial charge in [0.05, 0.1) is 5.69 Å². The normalized spacial score (nSPS) is 12.9. The molecule has 1 atom stereocenters. The van der Waals surface area contributed by atoms with Gasteiger partial charge in [-0.2, -0.15) is 5.10 Å². The summed E-state index contributed by atoms with van der Waals surface area (Å²) in [4.78, 5) is 0. The summed E-state index contributed by atoms with van der Waals surface area (Å²) >= 11 is 6.38. The molecule has 2 rings (SSSR count). The van der Waals surface area contributed by atoms with Crippen molar-refractivity contribution in [3.63, 3.8) is 0 Å². The highest BCUT2D eigenvalue weighted by Crippen LogP contribution is 2.31. The van der Waals surface area contributed by atoms with Gasteiger partial charge in [0.15, 0.2) is 0 Å². The van der Waals surface area contributed by atoms with Crippen LogP contribution in [-0.4, -0.2) is 16.3 Å². The van der Waals surface area contributed by atoms with Crippen molar-refractivity contribution in [3.05, 3.63) is 39.1 Å². The van der Waals surface area contributed by atoms with Gasteiger partial charge in [-0.15, -0.1) is 0 Å². The Bertz CT molecular complexity index is 642. The zero-order chi connectivity index (χ0) is 15.7. The molecule has 0 spiro atoms. The van der Waals surface area contributed by atoms with Crippen molar-refractivity contribution in [1.82, 2.24) is 15.1 Å². The maximum absolute atomic E-state index is 6.38. The van der Waals surface area contributed by atoms with Crippen molar-refractivity contribution >= 4 is 11.6 Å². The highest BCUT2D eigenvalue weighted by Gasteiger charge is 2.23. The lowest BCUT2D eigenvalue weighted by atomic mass is 9.96. The number of nitrogens with zero attached hydrogens (tertiary/aromatic N) is 2. The highest BCUT2D eigenvalue weighted by molar-refractivity contribution is 6.30. The lowest BCUT2D eigenvalue weighted by Gasteiger charge is -2.19. The van der Waals surface area contributed by atoms with Gasteiger partial charge >= 0.3 is 0 Å². The predicted octanol–water partition coefficient (Wildman–Crippen LogP) is 3.79. The Hall–Kier alpha value is -1.26. The van der Waals surface area contributed by atoms with Crippen LogP contribution in [-0.2, 0) is 13.5 Å². The molecule has 0 aliphatic rings. The standard InChI is InChI=1S/C16H24ClN3O/c1-7-18-14(15-9(2)11(4)21-12(15)5)8-13-10(3)19-20(6)16(13)17/h14,18H,7-8H2,1-6H3. The second kappa shape index (κ2) is 6.24. The van der Waals surface area contributed by atoms with Gasteiger partial charge in [-0.05, 0) is 46.2 Å². The first-order chi connectivity index (χ1) is 9.86. The molecule has 2 aromatic heterocycles. The van der Waals surface area contributed by atoms with Crippen LogP contribution in [0.5, 0.6) is 0 Å². The molecular weight excluding hydrogens is 286 g/mol. The fraction of sp³-hybridized carbons (Fsp3) is 0.562. The molecule has 0 aliphatic carbocycles. The van der Waals surface area contributed by atoms with Crippen LogP contribution >= 0.6 is 11.6 Å². The van der Waals surface area contributed by atoms with E-state index in [1.165, 1.54) is 11.1 Å². The number of furan rings is 1. The Labute approximate surface area is 131 Å². The minimum atomic E-state index is 0.188. The van der Waals surface area contributed by atoms with Gasteiger partial charge in [0, 0.05) is 24.2 Å². The Morgan fingerprint density at radius 1 is 1.24 bits per heavy atom. The van der Waals surface area contributed by atoms with E-state index in [9.17, 15) is 0 Å². The molecule has 4 nitrogen and oxygen atoms in total. The number of aryl methyl sites for hydroxylation is 4. The molecule has 0 saturated carbocycles. The Morgan fingerprint density at radius 2 is 1.90 bits per heavy atom. The van der Waals surface area contributed by atoms with Crippen LogP contribution in [0, 0.1) is 27.7 Å². The average molecular weight is 310 g/mol. The molecule has 1 unspecified atom stereocenters. The second-order valence-electron chi connectivity index (χ2n) is 5.55. The number of rotatable bonds is 5. The summed E-state index contributed by atoms with van der Waals surface area (Å²) in [6.07, 6.45) is 0.813. The number of hydrogen-bond donors (Lipinski definition) is 1. The molecule has 2 aromatic rings. The number of halogens is 1. The Kier molecular flexibility index (Phi) is 4.79. The maximum atomic E-state index is 6.38. The van der Waals surface area contributed by atoms with Crippen molar-refractivity contribution in [2.75, 3.05) is 6.54 Å². The van der Waals surface area contributed by atoms with E-state index in [4.69, 9.17) is 16.0 Å². The van der Waals surface area contributed by atoms with Crippen molar-refractivity contribution in [3.8, 4) is 0 Å². The van der Waals surface area contributed by atoms with Gasteiger partial charge in [0.2, 0.25) is 0 Å². The average Bonchev–Trinajstić information content (AvgIpc) is 2.80. The van der Waals surface area contributed by atoms with Gasteiger partial charge in [-0.1, -0.05) is 18.5 Å². The van der Waals surface area contributed by atoms with Gasteiger partial charge in [-0.3, -0.25) is 4.68 Å². The van der Waals surface area contributed by atoms with Crippen molar-refractivity contribution in [2.24, 2.45) is 7.05 Å². The van der Waals surface area contributed by atoms with Crippen LogP contribution in [0.3, 0.4) is 0 Å². The van der Waals surface area contributed by atoms with E-state index >= 15 is 0 Å². The molecule has 116 valence electrons. The minimum Gasteiger partial charge on any atom is -0.466 e. The third-order valence-electron chi connectivity index (χ3n) is 4.09. The first-order valence-corrected chi connectivity index (χ1v) is 7.72. The van der Waals surface area contributed by atoms with E-state index in [1.54, 1.807) is 4.68 Å². The van der Waals surface area contributed by atoms with Crippen LogP contribution in [0.15, 0.2) is 4.42 Å². The first kappa shape index (κ1) is 16.1. The maximum Gasteiger partial charge on any atom is 0.130 e. The first-order valence-electron chi connectivity index (χ1n) is 7.34. The van der Waals surface area contributed by atoms with Crippen LogP contribution in [0.2, 0.25) is 5.15 Å². The monoisotopic (exact) mass is 309 g/mol. The highest BCUT2D eigenvalue weighted by atomic mass is 35.5. The number of nitrogens with one attached hydrogen (secondary N) is 1. The van der Waals surface area contributed by atoms with Crippen LogP contribution in [0.25, 0.3) is 0 Å². The number of hydrogen-bond acceptors (Lipinski definition) is 3. The van der Waals surface area contributed by atoms with E-state index in [0.717, 1.165) is 35.7 Å². The third-order valence-corrected chi connectivity index (χ3v) is 4.57. The summed E-state index contributed by atoms with van der Waals surface area (Å²) in [7, 11) is 1.87. The summed E-state index contributed by atoms with van der Waals surface area (Å²) in [5, 5.41) is 8.67. The summed E-state index contributed by atoms with van der Waals surface area (Å²) in [5.41, 5.74) is 4.55. The van der Waals surface area contributed by atoms with Gasteiger partial charge in [-0.25, -0.2) is 0 Å². The molecule has 0 aliphatic heterocycles. The van der Waals surface area contributed by atoms with Crippen LogP contribution in [0.1, 0.15) is 46.9 Å². The molecule has 0 radical (unpaired) electrons. The number of likely N-dealkylation sites (N-methyl/N-ethyl adjacent to an activating group) is 1. The van der Waals surface area contributed by atoms with Crippen LogP contribution in [0.4, 0.5) is 0 Å². The predicted molar refractivity (Wildman–Crippen MR) is 86.0 cm³/mol. The van der Waals surface area contributed by atoms with Crippen molar-refractivity contribution in [1.29, 1.82) is 0 Å². The Morgan fingerprint density at radius 3 is 2.33 bits per heavy atom. The van der Waals surface area contributed by atoms with E-state index in [0.29, 0.717) is 5.15 Å². The van der Waals surface area contributed by atoms with Gasteiger partial charge < -0.3 is 9.73 Å². The molecule has 1 N–H and O–H groups in total. The molecule has 21 heavy (non-hydrogen) atoms. The summed E-state index contributed by atoms with van der Waals surface area (Å²) < 4.78 is 7.51. The van der Waals surface area contributed by atoms with Crippen LogP contribution < -0.4 is 5.32 Å². The van der Waals surface area contributed by atoms with Gasteiger partial charge in [0.25, 0.3) is 0 Å². The second-order valence-corrected chi connectivity index (χ2v) is 5.90. The molecule has 5 heteroatoms. The third kappa shape index (κ3) is 3.01. The fourth-order valence-electron chi connectivity index (χ4n) is 2.95. The van der Waals surface area contributed by atoms with Crippen molar-refractivity contribution in [2.45, 2.75) is 47.1 Å². The molecule has 0 amide bonds. The molecule has 0 fully saturated rings. The summed E-state index contributed by atoms with van der Waals surface area (Å²) in [6, 6.07) is 0.188. The van der Waals surface area contributed by atoms with Gasteiger partial charge in [0.1, 0.15) is 16.7 Å². The lowest BCUT2D eigenvalue weighted by molar-refractivity contribution is 0.484. The molecule has 0 bridgehead atoms. The van der Waals surface area contributed by atoms with E-state index in [2.05, 4.69) is 24.3 Å². The smallest absolute Gasteiger partial charge is 0.130 e. The quantitative estimate of drug-likeness (QED) is 0.913. The van der Waals surface area contributed by atoms with Crippen molar-refractivity contribution < 1.29 is 4.42 Å². The molecule has 0 aromatic carbocycles. The number of aromatic nitrogens is 2. The minimum absolute atomic E-state index is 0.188. The van der Waals surface area contributed by atoms with E-state index in [-0.39, 0.29) is 6.04 Å². The molecule has 2 heterocycles. The lowest BCUT2D eigenvalue weighted by Crippen LogP contribution is -2.24. The molecular formula is C16H24ClN3O. The van der Waals surface area contributed by atoms with E-state index in [1.807, 2.05) is 27.8 Å². The summed E-state index contributed by atoms with van der Waals surface area (Å²) in [6.45, 7) is 11.2. The summed E-state index contributed by atoms with van der Waals surface area (Å²) in [5.74, 6) is 1.97. The zero-order valence-corrected chi connectivity index (χ0v) is 14.4. The SMILES string of the molecule is CCNC(Cc1c(C)nn(C)c1Cl)c1c(C)oc(C)c1C. The largest absolute Gasteiger partial charge is 0.466 e. The Balaban J connectivity index is 2.40. The van der Waals surface area contributed by atoms with E-state index < -0.39 is 0 Å². The zero-order valence-electron chi connectivity index (χ0n) is 13.7. The fourth-order valence-corrected chi connectivity index (χ4v) is 3.21.